The molecule has 0 aliphatic carbocycles. The average Bonchev–Trinajstić information content (AvgIpc) is 2.89. The zero-order chi connectivity index (χ0) is 25.3. The van der Waals surface area contributed by atoms with Crippen LogP contribution in [0.5, 0.6) is 0 Å². The van der Waals surface area contributed by atoms with Crippen LogP contribution in [0.2, 0.25) is 0 Å². The van der Waals surface area contributed by atoms with Crippen LogP contribution < -0.4 is 0 Å². The van der Waals surface area contributed by atoms with Gasteiger partial charge in [0.1, 0.15) is 4.90 Å². The summed E-state index contributed by atoms with van der Waals surface area (Å²) in [5.74, 6) is 0. The third kappa shape index (κ3) is 5.31. The third-order valence-corrected chi connectivity index (χ3v) is 7.32. The topological polar surface area (TPSA) is 54.4 Å². The summed E-state index contributed by atoms with van der Waals surface area (Å²) in [6.45, 7) is 7.46. The SMILES string of the molecule is C=Cc1ccc2cc3ccccc3cc2c1S(=O)(=O)O.C=Cc1cccc2cc3ccccc3cc12.[MgH2]. The fourth-order valence-electron chi connectivity index (χ4n) is 4.62. The molecule has 6 aromatic rings. The molecule has 5 heteroatoms. The molecule has 0 heterocycles. The van der Waals surface area contributed by atoms with Crippen molar-refractivity contribution >= 4 is 88.4 Å². The lowest BCUT2D eigenvalue weighted by Gasteiger charge is -2.09. The van der Waals surface area contributed by atoms with Gasteiger partial charge in [0, 0.05) is 5.39 Å². The van der Waals surface area contributed by atoms with E-state index in [0.29, 0.717) is 10.9 Å². The first kappa shape index (κ1) is 26.6. The molecule has 0 spiro atoms. The Morgan fingerprint density at radius 2 is 1.00 bits per heavy atom. The fourth-order valence-corrected chi connectivity index (χ4v) is 5.52. The van der Waals surface area contributed by atoms with E-state index in [4.69, 9.17) is 0 Å². The van der Waals surface area contributed by atoms with Gasteiger partial charge in [-0.05, 0) is 73.1 Å². The Labute approximate surface area is 232 Å². The van der Waals surface area contributed by atoms with Gasteiger partial charge >= 0.3 is 23.1 Å². The van der Waals surface area contributed by atoms with Crippen molar-refractivity contribution in [1.29, 1.82) is 0 Å². The molecule has 0 radical (unpaired) electrons. The van der Waals surface area contributed by atoms with E-state index < -0.39 is 10.1 Å². The van der Waals surface area contributed by atoms with Crippen LogP contribution in [-0.2, 0) is 10.1 Å². The molecule has 0 aliphatic heterocycles. The van der Waals surface area contributed by atoms with E-state index in [9.17, 15) is 13.0 Å². The molecule has 0 saturated heterocycles. The molecule has 180 valence electrons. The van der Waals surface area contributed by atoms with E-state index in [1.54, 1.807) is 12.1 Å². The summed E-state index contributed by atoms with van der Waals surface area (Å²) < 4.78 is 32.8. The minimum atomic E-state index is -4.31. The lowest BCUT2D eigenvalue weighted by atomic mass is 10.00. The number of rotatable bonds is 3. The zero-order valence-corrected chi connectivity index (χ0v) is 20.4. The molecule has 0 atom stereocenters. The molecule has 0 aliphatic rings. The summed E-state index contributed by atoms with van der Waals surface area (Å²) in [5, 5.41) is 8.33. The summed E-state index contributed by atoms with van der Waals surface area (Å²) in [5.41, 5.74) is 1.60. The minimum absolute atomic E-state index is 0. The van der Waals surface area contributed by atoms with Crippen LogP contribution >= 0.6 is 0 Å². The summed E-state index contributed by atoms with van der Waals surface area (Å²) in [4.78, 5) is -0.0873. The number of fused-ring (bicyclic) bond motifs is 4. The average molecular weight is 515 g/mol. The van der Waals surface area contributed by atoms with Gasteiger partial charge in [-0.15, -0.1) is 0 Å². The Kier molecular flexibility index (Phi) is 7.81. The molecule has 0 amide bonds. The van der Waals surface area contributed by atoms with Gasteiger partial charge < -0.3 is 0 Å². The second-order valence-electron chi connectivity index (χ2n) is 8.56. The number of hydrogen-bond donors (Lipinski definition) is 1. The monoisotopic (exact) mass is 514 g/mol. The van der Waals surface area contributed by atoms with Crippen LogP contribution in [0, 0.1) is 0 Å². The Balaban J connectivity index is 0.000000172. The van der Waals surface area contributed by atoms with E-state index in [0.717, 1.165) is 16.2 Å². The molecule has 0 saturated carbocycles. The molecule has 6 aromatic carbocycles. The Morgan fingerprint density at radius 3 is 1.51 bits per heavy atom. The Morgan fingerprint density at radius 1 is 0.541 bits per heavy atom. The van der Waals surface area contributed by atoms with Crippen LogP contribution in [0.15, 0.2) is 121 Å². The van der Waals surface area contributed by atoms with Gasteiger partial charge in [0.2, 0.25) is 0 Å². The highest BCUT2D eigenvalue weighted by molar-refractivity contribution is 7.86. The standard InChI is InChI=1S/C16H12O3S.C16H12.Mg.2H/c1-2-11-7-8-14-9-12-5-3-4-6-13(12)10-15(14)16(11)20(17,18)19;1-2-12-8-5-9-15-10-13-6-3-4-7-14(13)11-16(12)15;;;/h2-10H,1H2,(H,17,18,19);2-11H,1H2;;;. The van der Waals surface area contributed by atoms with Crippen LogP contribution in [0.4, 0.5) is 0 Å². The molecule has 37 heavy (non-hydrogen) atoms. The quantitative estimate of drug-likeness (QED) is 0.150. The molecular formula is C32H26MgO3S. The lowest BCUT2D eigenvalue weighted by molar-refractivity contribution is 0.484. The number of hydrogen-bond acceptors (Lipinski definition) is 2. The summed E-state index contributed by atoms with van der Waals surface area (Å²) in [6, 6.07) is 34.1. The Hall–Kier alpha value is -3.48. The smallest absolute Gasteiger partial charge is 0.282 e. The van der Waals surface area contributed by atoms with Gasteiger partial charge in [0.15, 0.2) is 0 Å². The van der Waals surface area contributed by atoms with Crippen molar-refractivity contribution in [1.82, 2.24) is 0 Å². The van der Waals surface area contributed by atoms with Crippen LogP contribution in [0.3, 0.4) is 0 Å². The van der Waals surface area contributed by atoms with Crippen LogP contribution in [0.25, 0.3) is 55.2 Å². The van der Waals surface area contributed by atoms with Crippen molar-refractivity contribution in [2.75, 3.05) is 0 Å². The van der Waals surface area contributed by atoms with Gasteiger partial charge in [-0.1, -0.05) is 104 Å². The highest BCUT2D eigenvalue weighted by atomic mass is 32.2. The minimum Gasteiger partial charge on any atom is -0.282 e. The molecule has 3 nitrogen and oxygen atoms in total. The van der Waals surface area contributed by atoms with Crippen molar-refractivity contribution in [3.8, 4) is 0 Å². The molecule has 0 aromatic heterocycles. The maximum absolute atomic E-state index is 11.7. The van der Waals surface area contributed by atoms with E-state index in [1.165, 1.54) is 33.2 Å². The number of benzene rings is 6. The van der Waals surface area contributed by atoms with E-state index in [1.807, 2.05) is 42.5 Å². The summed E-state index contributed by atoms with van der Waals surface area (Å²) in [7, 11) is -4.31. The Bertz CT molecular complexity index is 1910. The van der Waals surface area contributed by atoms with Gasteiger partial charge in [-0.3, -0.25) is 4.55 Å². The highest BCUT2D eigenvalue weighted by Gasteiger charge is 2.18. The van der Waals surface area contributed by atoms with E-state index in [2.05, 4.69) is 67.8 Å². The van der Waals surface area contributed by atoms with E-state index in [-0.39, 0.29) is 27.9 Å². The van der Waals surface area contributed by atoms with Gasteiger partial charge in [-0.2, -0.15) is 8.42 Å². The molecule has 6 rings (SSSR count). The van der Waals surface area contributed by atoms with Crippen LogP contribution in [-0.4, -0.2) is 36.0 Å². The highest BCUT2D eigenvalue weighted by Crippen LogP contribution is 2.31. The fraction of sp³-hybridized carbons (Fsp3) is 0. The lowest BCUT2D eigenvalue weighted by Crippen LogP contribution is -2.02. The zero-order valence-electron chi connectivity index (χ0n) is 19.6. The van der Waals surface area contributed by atoms with Crippen molar-refractivity contribution < 1.29 is 13.0 Å². The summed E-state index contributed by atoms with van der Waals surface area (Å²) >= 11 is 0. The largest absolute Gasteiger partial charge is 0.316 e. The molecule has 0 fully saturated rings. The normalized spacial score (nSPS) is 11.1. The van der Waals surface area contributed by atoms with Crippen molar-refractivity contribution in [3.05, 3.63) is 127 Å². The maximum Gasteiger partial charge on any atom is 0.316 e. The summed E-state index contributed by atoms with van der Waals surface area (Å²) in [6.07, 6.45) is 3.34. The second kappa shape index (κ2) is 10.9. The van der Waals surface area contributed by atoms with Crippen molar-refractivity contribution in [2.45, 2.75) is 4.90 Å². The first-order valence-electron chi connectivity index (χ1n) is 11.5. The van der Waals surface area contributed by atoms with Gasteiger partial charge in [0.25, 0.3) is 10.1 Å². The molecule has 0 unspecified atom stereocenters. The first-order chi connectivity index (χ1) is 17.4. The predicted octanol–water partition coefficient (Wildman–Crippen LogP) is 7.60. The first-order valence-corrected chi connectivity index (χ1v) is 12.9. The molecular weight excluding hydrogens is 489 g/mol. The molecule has 0 bridgehead atoms. The maximum atomic E-state index is 11.7. The predicted molar refractivity (Wildman–Crippen MR) is 161 cm³/mol. The van der Waals surface area contributed by atoms with Crippen molar-refractivity contribution in [2.24, 2.45) is 0 Å². The third-order valence-electron chi connectivity index (χ3n) is 6.35. The van der Waals surface area contributed by atoms with Gasteiger partial charge in [0.05, 0.1) is 0 Å². The van der Waals surface area contributed by atoms with Crippen LogP contribution in [0.1, 0.15) is 11.1 Å². The molecule has 1 N–H and O–H groups in total. The van der Waals surface area contributed by atoms with Crippen molar-refractivity contribution in [3.63, 3.8) is 0 Å². The van der Waals surface area contributed by atoms with E-state index >= 15 is 0 Å². The van der Waals surface area contributed by atoms with Gasteiger partial charge in [-0.25, -0.2) is 0 Å². The second-order valence-corrected chi connectivity index (χ2v) is 9.91.